The Morgan fingerprint density at radius 3 is 2.91 bits per heavy atom. The summed E-state index contributed by atoms with van der Waals surface area (Å²) in [7, 11) is 0. The molecule has 0 fully saturated rings. The van der Waals surface area contributed by atoms with Gasteiger partial charge in [-0.05, 0) is 6.92 Å². The van der Waals surface area contributed by atoms with Crippen LogP contribution in [0.4, 0.5) is 0 Å². The number of alkyl halides is 1. The highest BCUT2D eigenvalue weighted by Gasteiger charge is 2.33. The van der Waals surface area contributed by atoms with Gasteiger partial charge < -0.3 is 10.1 Å². The number of imidazole rings is 1. The number of nitrogens with one attached hydrogen (secondary N) is 1. The predicted molar refractivity (Wildman–Crippen MR) is 42.5 cm³/mol. The van der Waals surface area contributed by atoms with Crippen molar-refractivity contribution in [3.8, 4) is 0 Å². The predicted octanol–water partition coefficient (Wildman–Crippen LogP) is 1.10. The minimum absolute atomic E-state index is 0.532. The number of aromatic nitrogens is 2. The average molecular weight is 219 g/mol. The number of aromatic amines is 1. The van der Waals surface area contributed by atoms with Gasteiger partial charge in [0.15, 0.2) is 4.32 Å². The van der Waals surface area contributed by atoms with Crippen molar-refractivity contribution in [2.24, 2.45) is 0 Å². The maximum absolute atomic E-state index is 10.6. The number of carboxylic acids is 1. The molecule has 0 spiro atoms. The molecule has 1 atom stereocenters. The van der Waals surface area contributed by atoms with Crippen LogP contribution >= 0.6 is 15.9 Å². The minimum atomic E-state index is -1.07. The van der Waals surface area contributed by atoms with Crippen LogP contribution in [0.3, 0.4) is 0 Å². The number of rotatable bonds is 2. The molecule has 0 saturated heterocycles. The lowest BCUT2D eigenvalue weighted by Gasteiger charge is -2.13. The van der Waals surface area contributed by atoms with E-state index in [1.54, 1.807) is 6.92 Å². The fourth-order valence-corrected chi connectivity index (χ4v) is 0.845. The van der Waals surface area contributed by atoms with Crippen molar-refractivity contribution in [3.05, 3.63) is 18.2 Å². The van der Waals surface area contributed by atoms with Crippen LogP contribution in [0.25, 0.3) is 0 Å². The second-order valence-corrected chi connectivity index (χ2v) is 3.86. The van der Waals surface area contributed by atoms with Crippen molar-refractivity contribution in [1.29, 1.82) is 0 Å². The average Bonchev–Trinajstić information content (AvgIpc) is 2.37. The summed E-state index contributed by atoms with van der Waals surface area (Å²) >= 11 is 3.06. The van der Waals surface area contributed by atoms with Crippen LogP contribution in [0.5, 0.6) is 0 Å². The maximum atomic E-state index is 10.6. The van der Waals surface area contributed by atoms with Crippen molar-refractivity contribution in [2.45, 2.75) is 11.2 Å². The standard InChI is InChI=1S/C6H7BrN2O2/c1-6(7,5(10)11)4-2-8-3-9-4/h2-3H,1H3,(H,8,9)(H,10,11). The third kappa shape index (κ3) is 1.42. The molecular formula is C6H7BrN2O2. The van der Waals surface area contributed by atoms with Gasteiger partial charge in [0, 0.05) is 6.20 Å². The Bertz CT molecular complexity index is 256. The highest BCUT2D eigenvalue weighted by molar-refractivity contribution is 9.10. The van der Waals surface area contributed by atoms with Gasteiger partial charge in [-0.3, -0.25) is 4.79 Å². The number of H-pyrrole nitrogens is 1. The molecule has 1 heterocycles. The Morgan fingerprint density at radius 2 is 2.55 bits per heavy atom. The summed E-state index contributed by atoms with van der Waals surface area (Å²) < 4.78 is -1.07. The third-order valence-electron chi connectivity index (χ3n) is 1.41. The number of carboxylic acid groups (broad SMARTS) is 1. The van der Waals surface area contributed by atoms with Gasteiger partial charge in [-0.25, -0.2) is 4.98 Å². The summed E-state index contributed by atoms with van der Waals surface area (Å²) in [5.74, 6) is -0.943. The molecule has 0 aliphatic heterocycles. The molecule has 4 nitrogen and oxygen atoms in total. The summed E-state index contributed by atoms with van der Waals surface area (Å²) in [5.41, 5.74) is 0.532. The van der Waals surface area contributed by atoms with E-state index in [1.165, 1.54) is 12.5 Å². The molecule has 0 aromatic carbocycles. The van der Waals surface area contributed by atoms with E-state index in [4.69, 9.17) is 5.11 Å². The SMILES string of the molecule is CC(Br)(C(=O)O)c1cnc[nH]1. The molecule has 0 amide bonds. The number of carbonyl (C=O) groups is 1. The summed E-state index contributed by atoms with van der Waals surface area (Å²) in [6.45, 7) is 1.54. The van der Waals surface area contributed by atoms with Gasteiger partial charge in [0.25, 0.3) is 0 Å². The van der Waals surface area contributed by atoms with Crippen molar-refractivity contribution in [2.75, 3.05) is 0 Å². The molecule has 0 saturated carbocycles. The van der Waals surface area contributed by atoms with E-state index < -0.39 is 10.3 Å². The second-order valence-electron chi connectivity index (χ2n) is 2.27. The smallest absolute Gasteiger partial charge is 0.326 e. The van der Waals surface area contributed by atoms with E-state index in [2.05, 4.69) is 25.9 Å². The van der Waals surface area contributed by atoms with E-state index in [-0.39, 0.29) is 0 Å². The highest BCUT2D eigenvalue weighted by atomic mass is 79.9. The quantitative estimate of drug-likeness (QED) is 0.732. The van der Waals surface area contributed by atoms with Gasteiger partial charge >= 0.3 is 5.97 Å². The van der Waals surface area contributed by atoms with Gasteiger partial charge in [-0.2, -0.15) is 0 Å². The molecule has 1 unspecified atom stereocenters. The Morgan fingerprint density at radius 1 is 1.91 bits per heavy atom. The number of aliphatic carboxylic acids is 1. The minimum Gasteiger partial charge on any atom is -0.480 e. The summed E-state index contributed by atoms with van der Waals surface area (Å²) in [6.07, 6.45) is 2.92. The van der Waals surface area contributed by atoms with Crippen LogP contribution in [0.15, 0.2) is 12.5 Å². The maximum Gasteiger partial charge on any atom is 0.326 e. The first-order valence-corrected chi connectivity index (χ1v) is 3.75. The van der Waals surface area contributed by atoms with Crippen LogP contribution in [-0.4, -0.2) is 21.0 Å². The van der Waals surface area contributed by atoms with Crippen LogP contribution in [0.2, 0.25) is 0 Å². The van der Waals surface area contributed by atoms with E-state index in [9.17, 15) is 4.79 Å². The fraction of sp³-hybridized carbons (Fsp3) is 0.333. The molecule has 0 bridgehead atoms. The lowest BCUT2D eigenvalue weighted by Crippen LogP contribution is -2.25. The number of hydrogen-bond acceptors (Lipinski definition) is 2. The topological polar surface area (TPSA) is 66.0 Å². The van der Waals surface area contributed by atoms with Crippen molar-refractivity contribution < 1.29 is 9.90 Å². The van der Waals surface area contributed by atoms with Crippen LogP contribution in [-0.2, 0) is 9.12 Å². The molecule has 2 N–H and O–H groups in total. The van der Waals surface area contributed by atoms with Gasteiger partial charge in [0.2, 0.25) is 0 Å². The van der Waals surface area contributed by atoms with Crippen molar-refractivity contribution in [3.63, 3.8) is 0 Å². The van der Waals surface area contributed by atoms with Crippen LogP contribution < -0.4 is 0 Å². The molecule has 0 aliphatic rings. The molecule has 5 heteroatoms. The van der Waals surface area contributed by atoms with E-state index in [1.807, 2.05) is 0 Å². The summed E-state index contributed by atoms with van der Waals surface area (Å²) in [6, 6.07) is 0. The van der Waals surface area contributed by atoms with E-state index in [0.29, 0.717) is 5.69 Å². The zero-order chi connectivity index (χ0) is 8.48. The molecule has 1 aromatic rings. The first-order chi connectivity index (χ1) is 5.05. The van der Waals surface area contributed by atoms with Gasteiger partial charge in [-0.15, -0.1) is 0 Å². The molecule has 11 heavy (non-hydrogen) atoms. The number of hydrogen-bond donors (Lipinski definition) is 2. The van der Waals surface area contributed by atoms with Crippen LogP contribution in [0, 0.1) is 0 Å². The summed E-state index contributed by atoms with van der Waals surface area (Å²) in [4.78, 5) is 17.1. The van der Waals surface area contributed by atoms with Crippen molar-refractivity contribution >= 4 is 21.9 Å². The molecule has 0 radical (unpaired) electrons. The Labute approximate surface area is 71.8 Å². The van der Waals surface area contributed by atoms with Gasteiger partial charge in [0.05, 0.1) is 12.0 Å². The Hall–Kier alpha value is -0.840. The van der Waals surface area contributed by atoms with Gasteiger partial charge in [-0.1, -0.05) is 15.9 Å². The first kappa shape index (κ1) is 8.26. The molecular weight excluding hydrogens is 212 g/mol. The van der Waals surface area contributed by atoms with E-state index in [0.717, 1.165) is 0 Å². The molecule has 60 valence electrons. The summed E-state index contributed by atoms with van der Waals surface area (Å²) in [5, 5.41) is 8.72. The van der Waals surface area contributed by atoms with Gasteiger partial charge in [0.1, 0.15) is 0 Å². The van der Waals surface area contributed by atoms with Crippen LogP contribution in [0.1, 0.15) is 12.6 Å². The molecule has 1 aromatic heterocycles. The Kier molecular flexibility index (Phi) is 1.99. The Balaban J connectivity index is 3.00. The molecule has 1 rings (SSSR count). The van der Waals surface area contributed by atoms with E-state index >= 15 is 0 Å². The first-order valence-electron chi connectivity index (χ1n) is 2.96. The highest BCUT2D eigenvalue weighted by Crippen LogP contribution is 2.28. The monoisotopic (exact) mass is 218 g/mol. The second kappa shape index (κ2) is 2.65. The third-order valence-corrected chi connectivity index (χ3v) is 2.17. The normalized spacial score (nSPS) is 15.8. The lowest BCUT2D eigenvalue weighted by atomic mass is 10.1. The van der Waals surface area contributed by atoms with Crippen molar-refractivity contribution in [1.82, 2.24) is 9.97 Å². The molecule has 0 aliphatic carbocycles. The zero-order valence-electron chi connectivity index (χ0n) is 5.84. The number of halogens is 1. The lowest BCUT2D eigenvalue weighted by molar-refractivity contribution is -0.139. The number of nitrogens with zero attached hydrogens (tertiary/aromatic N) is 1. The zero-order valence-corrected chi connectivity index (χ0v) is 7.42. The largest absolute Gasteiger partial charge is 0.480 e. The fourth-order valence-electron chi connectivity index (χ4n) is 0.628.